The third kappa shape index (κ3) is 7.86. The number of hydrogen-bond acceptors (Lipinski definition) is 6. The van der Waals surface area contributed by atoms with Gasteiger partial charge in [-0.25, -0.2) is 15.4 Å². The quantitative estimate of drug-likeness (QED) is 0.501. The highest BCUT2D eigenvalue weighted by molar-refractivity contribution is 5.81. The molecule has 7 nitrogen and oxygen atoms in total. The minimum absolute atomic E-state index is 0.204. The van der Waals surface area contributed by atoms with Gasteiger partial charge in [-0.05, 0) is 33.1 Å². The summed E-state index contributed by atoms with van der Waals surface area (Å²) in [5.41, 5.74) is 1.18. The number of amides is 1. The van der Waals surface area contributed by atoms with E-state index in [1.54, 1.807) is 26.4 Å². The summed E-state index contributed by atoms with van der Waals surface area (Å²) < 4.78 is 5.07. The highest BCUT2D eigenvalue weighted by Gasteiger charge is 2.26. The molecule has 0 radical (unpaired) electrons. The predicted octanol–water partition coefficient (Wildman–Crippen LogP) is 0.847. The number of alkyl carbamates (subject to hydrolysis) is 1. The van der Waals surface area contributed by atoms with E-state index in [9.17, 15) is 9.59 Å². The second kappa shape index (κ2) is 7.17. The maximum absolute atomic E-state index is 11.6. The van der Waals surface area contributed by atoms with Crippen LogP contribution >= 0.6 is 0 Å². The van der Waals surface area contributed by atoms with E-state index in [2.05, 4.69) is 10.2 Å². The van der Waals surface area contributed by atoms with Gasteiger partial charge in [0.2, 0.25) is 0 Å². The van der Waals surface area contributed by atoms with Crippen molar-refractivity contribution >= 4 is 12.1 Å². The predicted molar refractivity (Wildman–Crippen MR) is 66.0 cm³/mol. The molecule has 0 aromatic carbocycles. The van der Waals surface area contributed by atoms with Gasteiger partial charge < -0.3 is 14.9 Å². The molecule has 0 spiro atoms. The van der Waals surface area contributed by atoms with Crippen molar-refractivity contribution in [1.82, 2.24) is 10.9 Å². The Hall–Kier alpha value is -1.34. The average Bonchev–Trinajstić information content (AvgIpc) is 2.13. The molecule has 0 aliphatic carbocycles. The van der Waals surface area contributed by atoms with Crippen molar-refractivity contribution in [2.24, 2.45) is 11.8 Å². The lowest BCUT2D eigenvalue weighted by Gasteiger charge is -2.23. The van der Waals surface area contributed by atoms with Gasteiger partial charge in [-0.3, -0.25) is 0 Å². The van der Waals surface area contributed by atoms with E-state index >= 15 is 0 Å². The lowest BCUT2D eigenvalue weighted by molar-refractivity contribution is -0.154. The van der Waals surface area contributed by atoms with Gasteiger partial charge in [0.05, 0.1) is 0 Å². The molecule has 0 saturated carbocycles. The van der Waals surface area contributed by atoms with Crippen LogP contribution in [0.25, 0.3) is 0 Å². The van der Waals surface area contributed by atoms with Crippen LogP contribution in [0.15, 0.2) is 0 Å². The van der Waals surface area contributed by atoms with Crippen LogP contribution in [0.2, 0.25) is 0 Å². The van der Waals surface area contributed by atoms with Crippen LogP contribution in [0, 0.1) is 5.92 Å². The molecule has 0 aromatic heterocycles. The average molecular weight is 261 g/mol. The number of rotatable bonds is 5. The molecule has 0 aliphatic rings. The number of ether oxygens (including phenoxy) is 1. The van der Waals surface area contributed by atoms with Gasteiger partial charge in [0.1, 0.15) is 11.6 Å². The van der Waals surface area contributed by atoms with Crippen molar-refractivity contribution in [3.8, 4) is 0 Å². The van der Waals surface area contributed by atoms with E-state index in [4.69, 9.17) is 10.6 Å². The monoisotopic (exact) mass is 261 g/mol. The van der Waals surface area contributed by atoms with Crippen molar-refractivity contribution in [2.75, 3.05) is 0 Å². The fourth-order valence-electron chi connectivity index (χ4n) is 1.26. The Balaban J connectivity index is 4.49. The fraction of sp³-hybridized carbons (Fsp3) is 0.818. The molecule has 0 fully saturated rings. The number of carbonyl (C=O) groups is 2. The summed E-state index contributed by atoms with van der Waals surface area (Å²) in [5, 5.41) is 2.46. The Morgan fingerprint density at radius 3 is 2.22 bits per heavy atom. The first-order chi connectivity index (χ1) is 8.15. The molecule has 0 heterocycles. The zero-order valence-corrected chi connectivity index (χ0v) is 11.6. The van der Waals surface area contributed by atoms with E-state index in [1.807, 2.05) is 13.8 Å². The summed E-state index contributed by atoms with van der Waals surface area (Å²) in [7, 11) is 0. The van der Waals surface area contributed by atoms with Gasteiger partial charge >= 0.3 is 12.1 Å². The van der Waals surface area contributed by atoms with Gasteiger partial charge in [-0.1, -0.05) is 19.4 Å². The van der Waals surface area contributed by atoms with E-state index in [0.29, 0.717) is 6.42 Å². The summed E-state index contributed by atoms with van der Waals surface area (Å²) in [6.45, 7) is 9.07. The molecule has 0 aromatic rings. The van der Waals surface area contributed by atoms with Gasteiger partial charge in [0.25, 0.3) is 0 Å². The molecule has 4 N–H and O–H groups in total. The summed E-state index contributed by atoms with van der Waals surface area (Å²) in [6, 6.07) is -0.795. The van der Waals surface area contributed by atoms with Gasteiger partial charge in [0.15, 0.2) is 0 Å². The van der Waals surface area contributed by atoms with Crippen molar-refractivity contribution < 1.29 is 19.2 Å². The fourth-order valence-corrected chi connectivity index (χ4v) is 1.26. The maximum atomic E-state index is 11.6. The minimum Gasteiger partial charge on any atom is -0.444 e. The first-order valence-corrected chi connectivity index (χ1v) is 5.81. The summed E-state index contributed by atoms with van der Waals surface area (Å²) in [5.74, 6) is 4.44. The molecule has 0 saturated heterocycles. The molecule has 1 amide bonds. The molecule has 1 atom stereocenters. The number of hydrazine groups is 1. The Labute approximate surface area is 107 Å². The van der Waals surface area contributed by atoms with Gasteiger partial charge in [-0.2, -0.15) is 0 Å². The normalized spacial score (nSPS) is 13.1. The highest BCUT2D eigenvalue weighted by atomic mass is 16.7. The standard InChI is InChI=1S/C11H23N3O4/c1-7(2)6-8(9(15)18-14-12)13-10(16)17-11(3,4)5/h7-8,14H,6,12H2,1-5H3,(H,13,16)/t8-/m0/s1. The van der Waals surface area contributed by atoms with Crippen LogP contribution in [0.5, 0.6) is 0 Å². The number of nitrogens with one attached hydrogen (secondary N) is 2. The molecule has 0 aliphatic heterocycles. The number of hydrogen-bond donors (Lipinski definition) is 3. The second-order valence-electron chi connectivity index (χ2n) is 5.37. The van der Waals surface area contributed by atoms with Crippen LogP contribution in [0.1, 0.15) is 41.0 Å². The molecular weight excluding hydrogens is 238 g/mol. The maximum Gasteiger partial charge on any atom is 0.408 e. The van der Waals surface area contributed by atoms with Crippen LogP contribution in [-0.4, -0.2) is 23.7 Å². The van der Waals surface area contributed by atoms with Crippen LogP contribution in [-0.2, 0) is 14.4 Å². The molecular formula is C11H23N3O4. The van der Waals surface area contributed by atoms with Crippen LogP contribution in [0.4, 0.5) is 4.79 Å². The molecule has 0 rings (SSSR count). The minimum atomic E-state index is -0.795. The summed E-state index contributed by atoms with van der Waals surface area (Å²) >= 11 is 0. The van der Waals surface area contributed by atoms with Gasteiger partial charge in [-0.15, -0.1) is 0 Å². The number of carbonyl (C=O) groups excluding carboxylic acids is 2. The first kappa shape index (κ1) is 16.7. The van der Waals surface area contributed by atoms with Crippen LogP contribution < -0.4 is 16.7 Å². The van der Waals surface area contributed by atoms with Crippen LogP contribution in [0.3, 0.4) is 0 Å². The Bertz CT molecular complexity index is 287. The highest BCUT2D eigenvalue weighted by Crippen LogP contribution is 2.10. The second-order valence-corrected chi connectivity index (χ2v) is 5.37. The largest absolute Gasteiger partial charge is 0.444 e. The van der Waals surface area contributed by atoms with E-state index in [0.717, 1.165) is 0 Å². The summed E-state index contributed by atoms with van der Waals surface area (Å²) in [4.78, 5) is 27.6. The SMILES string of the molecule is CC(C)C[C@H](NC(=O)OC(C)(C)C)C(=O)ONN. The molecule has 106 valence electrons. The third-order valence-electron chi connectivity index (χ3n) is 1.84. The van der Waals surface area contributed by atoms with Crippen molar-refractivity contribution in [3.05, 3.63) is 0 Å². The van der Waals surface area contributed by atoms with E-state index in [1.165, 1.54) is 0 Å². The topological polar surface area (TPSA) is 103 Å². The zero-order valence-electron chi connectivity index (χ0n) is 11.6. The zero-order chi connectivity index (χ0) is 14.3. The molecule has 7 heteroatoms. The Kier molecular flexibility index (Phi) is 6.64. The van der Waals surface area contributed by atoms with Crippen molar-refractivity contribution in [1.29, 1.82) is 0 Å². The Morgan fingerprint density at radius 2 is 1.83 bits per heavy atom. The van der Waals surface area contributed by atoms with Gasteiger partial charge in [0, 0.05) is 0 Å². The third-order valence-corrected chi connectivity index (χ3v) is 1.84. The smallest absolute Gasteiger partial charge is 0.408 e. The molecule has 18 heavy (non-hydrogen) atoms. The van der Waals surface area contributed by atoms with Crippen molar-refractivity contribution in [3.63, 3.8) is 0 Å². The van der Waals surface area contributed by atoms with E-state index < -0.39 is 23.7 Å². The first-order valence-electron chi connectivity index (χ1n) is 5.81. The molecule has 0 unspecified atom stereocenters. The number of nitrogens with two attached hydrogens (primary N) is 1. The lowest BCUT2D eigenvalue weighted by atomic mass is 10.0. The van der Waals surface area contributed by atoms with Crippen molar-refractivity contribution in [2.45, 2.75) is 52.7 Å². The molecule has 0 bridgehead atoms. The summed E-state index contributed by atoms with van der Waals surface area (Å²) in [6.07, 6.45) is -0.234. The lowest BCUT2D eigenvalue weighted by Crippen LogP contribution is -2.46. The van der Waals surface area contributed by atoms with E-state index in [-0.39, 0.29) is 5.92 Å². The Morgan fingerprint density at radius 1 is 1.28 bits per heavy atom.